The minimum atomic E-state index is -0.163. The predicted octanol–water partition coefficient (Wildman–Crippen LogP) is 3.54. The van der Waals surface area contributed by atoms with Gasteiger partial charge in [-0.3, -0.25) is 4.79 Å². The lowest BCUT2D eigenvalue weighted by molar-refractivity contribution is -0.145. The molecule has 2 unspecified atom stereocenters. The van der Waals surface area contributed by atoms with Crippen LogP contribution in [0.3, 0.4) is 0 Å². The molecule has 2 atom stereocenters. The average molecular weight is 329 g/mol. The Balaban J connectivity index is 2.03. The topological polar surface area (TPSA) is 51.2 Å². The van der Waals surface area contributed by atoms with Gasteiger partial charge in [0.25, 0.3) is 0 Å². The maximum atomic E-state index is 12.0. The van der Waals surface area contributed by atoms with Crippen LogP contribution in [0.15, 0.2) is 0 Å². The predicted molar refractivity (Wildman–Crippen MR) is 90.5 cm³/mol. The number of nitrogens with one attached hydrogen (secondary N) is 1. The summed E-state index contributed by atoms with van der Waals surface area (Å²) >= 11 is 3.56. The van der Waals surface area contributed by atoms with Crippen molar-refractivity contribution in [2.75, 3.05) is 30.5 Å². The molecule has 0 aliphatic heterocycles. The number of aromatic nitrogens is 1. The molecular weight excluding hydrogens is 304 g/mol. The summed E-state index contributed by atoms with van der Waals surface area (Å²) < 4.78 is 5.18. The first-order valence-corrected chi connectivity index (χ1v) is 9.75. The fraction of sp³-hybridized carbons (Fsp3) is 0.733. The molecule has 1 aliphatic carbocycles. The van der Waals surface area contributed by atoms with E-state index in [1.165, 1.54) is 4.88 Å². The van der Waals surface area contributed by atoms with Crippen LogP contribution in [0, 0.1) is 5.92 Å². The van der Waals surface area contributed by atoms with Crippen LogP contribution in [-0.2, 0) is 16.0 Å². The van der Waals surface area contributed by atoms with Crippen LogP contribution < -0.4 is 5.32 Å². The number of carbonyl (C=O) groups excluding carboxylic acids is 1. The SMILES string of the molecule is CCOC(=O)C1CCCc2sc(NCC(C)CSC)nc21. The van der Waals surface area contributed by atoms with Crippen LogP contribution in [0.5, 0.6) is 0 Å². The molecule has 1 aromatic heterocycles. The molecule has 0 radical (unpaired) electrons. The Bertz CT molecular complexity index is 476. The van der Waals surface area contributed by atoms with Gasteiger partial charge >= 0.3 is 5.97 Å². The number of ether oxygens (including phenoxy) is 1. The zero-order chi connectivity index (χ0) is 15.2. The molecule has 0 saturated heterocycles. The van der Waals surface area contributed by atoms with Crippen LogP contribution in [0.4, 0.5) is 5.13 Å². The summed E-state index contributed by atoms with van der Waals surface area (Å²) in [6.07, 6.45) is 5.06. The van der Waals surface area contributed by atoms with Gasteiger partial charge in [0.2, 0.25) is 0 Å². The Hall–Kier alpha value is -0.750. The smallest absolute Gasteiger partial charge is 0.315 e. The first-order chi connectivity index (χ1) is 10.2. The number of carbonyl (C=O) groups is 1. The maximum Gasteiger partial charge on any atom is 0.315 e. The summed E-state index contributed by atoms with van der Waals surface area (Å²) in [5.41, 5.74) is 0.949. The van der Waals surface area contributed by atoms with Gasteiger partial charge in [0, 0.05) is 11.4 Å². The first kappa shape index (κ1) is 16.6. The first-order valence-electron chi connectivity index (χ1n) is 7.54. The number of hydrogen-bond acceptors (Lipinski definition) is 6. The summed E-state index contributed by atoms with van der Waals surface area (Å²) in [4.78, 5) is 18.0. The highest BCUT2D eigenvalue weighted by molar-refractivity contribution is 7.98. The molecule has 0 bridgehead atoms. The van der Waals surface area contributed by atoms with Crippen molar-refractivity contribution in [2.24, 2.45) is 5.92 Å². The number of rotatable bonds is 7. The van der Waals surface area contributed by atoms with E-state index in [-0.39, 0.29) is 11.9 Å². The van der Waals surface area contributed by atoms with E-state index in [1.54, 1.807) is 11.3 Å². The van der Waals surface area contributed by atoms with Crippen LogP contribution in [-0.4, -0.2) is 36.1 Å². The molecule has 1 N–H and O–H groups in total. The van der Waals surface area contributed by atoms with E-state index in [0.717, 1.165) is 42.4 Å². The van der Waals surface area contributed by atoms with Crippen molar-refractivity contribution in [3.63, 3.8) is 0 Å². The second-order valence-corrected chi connectivity index (χ2v) is 7.46. The highest BCUT2D eigenvalue weighted by Gasteiger charge is 2.31. The summed E-state index contributed by atoms with van der Waals surface area (Å²) in [6, 6.07) is 0. The minimum Gasteiger partial charge on any atom is -0.465 e. The van der Waals surface area contributed by atoms with Crippen molar-refractivity contribution >= 4 is 34.2 Å². The van der Waals surface area contributed by atoms with Crippen molar-refractivity contribution in [1.82, 2.24) is 4.98 Å². The fourth-order valence-electron chi connectivity index (χ4n) is 2.57. The molecule has 0 aromatic carbocycles. The summed E-state index contributed by atoms with van der Waals surface area (Å²) in [6.45, 7) is 5.45. The monoisotopic (exact) mass is 328 g/mol. The van der Waals surface area contributed by atoms with E-state index in [2.05, 4.69) is 23.5 Å². The molecule has 0 spiro atoms. The van der Waals surface area contributed by atoms with E-state index in [1.807, 2.05) is 18.7 Å². The molecule has 1 heterocycles. The van der Waals surface area contributed by atoms with Gasteiger partial charge in [0.15, 0.2) is 5.13 Å². The second kappa shape index (κ2) is 8.03. The summed E-state index contributed by atoms with van der Waals surface area (Å²) in [7, 11) is 0. The molecule has 118 valence electrons. The van der Waals surface area contributed by atoms with Gasteiger partial charge in [0.05, 0.1) is 12.3 Å². The number of anilines is 1. The maximum absolute atomic E-state index is 12.0. The third-order valence-corrected chi connectivity index (χ3v) is 5.57. The van der Waals surface area contributed by atoms with Gasteiger partial charge in [-0.2, -0.15) is 11.8 Å². The Morgan fingerprint density at radius 2 is 2.43 bits per heavy atom. The van der Waals surface area contributed by atoms with E-state index >= 15 is 0 Å². The zero-order valence-electron chi connectivity index (χ0n) is 13.0. The largest absolute Gasteiger partial charge is 0.465 e. The van der Waals surface area contributed by atoms with Crippen molar-refractivity contribution in [3.05, 3.63) is 10.6 Å². The highest BCUT2D eigenvalue weighted by Crippen LogP contribution is 2.37. The molecule has 0 amide bonds. The fourth-order valence-corrected chi connectivity index (χ4v) is 4.33. The Kier molecular flexibility index (Phi) is 6.36. The number of fused-ring (bicyclic) bond motifs is 1. The van der Waals surface area contributed by atoms with E-state index in [0.29, 0.717) is 12.5 Å². The molecule has 4 nitrogen and oxygen atoms in total. The zero-order valence-corrected chi connectivity index (χ0v) is 14.6. The third kappa shape index (κ3) is 4.36. The van der Waals surface area contributed by atoms with E-state index in [9.17, 15) is 4.79 Å². The summed E-state index contributed by atoms with van der Waals surface area (Å²) in [5, 5.41) is 4.37. The molecule has 0 fully saturated rings. The Morgan fingerprint density at radius 1 is 1.62 bits per heavy atom. The molecule has 6 heteroatoms. The average Bonchev–Trinajstić information content (AvgIpc) is 2.88. The van der Waals surface area contributed by atoms with Crippen molar-refractivity contribution < 1.29 is 9.53 Å². The summed E-state index contributed by atoms with van der Waals surface area (Å²) in [5.74, 6) is 1.47. The lowest BCUT2D eigenvalue weighted by Crippen LogP contribution is -2.20. The second-order valence-electron chi connectivity index (χ2n) is 5.47. The molecule has 2 rings (SSSR count). The normalized spacial score (nSPS) is 18.9. The van der Waals surface area contributed by atoms with Crippen molar-refractivity contribution in [2.45, 2.75) is 39.0 Å². The number of thioether (sulfide) groups is 1. The van der Waals surface area contributed by atoms with E-state index in [4.69, 9.17) is 4.74 Å². The van der Waals surface area contributed by atoms with Gasteiger partial charge in [-0.1, -0.05) is 6.92 Å². The molecule has 21 heavy (non-hydrogen) atoms. The van der Waals surface area contributed by atoms with Crippen LogP contribution in [0.1, 0.15) is 43.2 Å². The lowest BCUT2D eigenvalue weighted by atomic mass is 9.91. The van der Waals surface area contributed by atoms with Gasteiger partial charge in [0.1, 0.15) is 5.92 Å². The third-order valence-electron chi connectivity index (χ3n) is 3.58. The van der Waals surface area contributed by atoms with Gasteiger partial charge in [-0.05, 0) is 44.1 Å². The van der Waals surface area contributed by atoms with Gasteiger partial charge in [-0.15, -0.1) is 11.3 Å². The standard InChI is InChI=1S/C15H24N2O2S2/c1-4-19-14(18)11-6-5-7-12-13(11)17-15(21-12)16-8-10(2)9-20-3/h10-11H,4-9H2,1-3H3,(H,16,17). The van der Waals surface area contributed by atoms with Crippen LogP contribution in [0.25, 0.3) is 0 Å². The number of thiazole rings is 1. The lowest BCUT2D eigenvalue weighted by Gasteiger charge is -2.19. The minimum absolute atomic E-state index is 0.119. The van der Waals surface area contributed by atoms with E-state index < -0.39 is 0 Å². The number of nitrogens with zero attached hydrogens (tertiary/aromatic N) is 1. The van der Waals surface area contributed by atoms with Crippen LogP contribution >= 0.6 is 23.1 Å². The highest BCUT2D eigenvalue weighted by atomic mass is 32.2. The Labute approximate surface area is 135 Å². The number of esters is 1. The number of hydrogen-bond donors (Lipinski definition) is 1. The van der Waals surface area contributed by atoms with Gasteiger partial charge < -0.3 is 10.1 Å². The van der Waals surface area contributed by atoms with Crippen molar-refractivity contribution in [3.8, 4) is 0 Å². The quantitative estimate of drug-likeness (QED) is 0.776. The molecule has 0 saturated carbocycles. The molecular formula is C15H24N2O2S2. The van der Waals surface area contributed by atoms with Crippen molar-refractivity contribution in [1.29, 1.82) is 0 Å². The van der Waals surface area contributed by atoms with Gasteiger partial charge in [-0.25, -0.2) is 4.98 Å². The number of aryl methyl sites for hydroxylation is 1. The Morgan fingerprint density at radius 3 is 3.14 bits per heavy atom. The molecule has 1 aromatic rings. The van der Waals surface area contributed by atoms with Crippen LogP contribution in [0.2, 0.25) is 0 Å². The molecule has 1 aliphatic rings.